The van der Waals surface area contributed by atoms with Crippen LogP contribution in [-0.4, -0.2) is 90.8 Å². The maximum atomic E-state index is 14.1. The molecule has 76 heavy (non-hydrogen) atoms. The Kier molecular flexibility index (Phi) is 14.8. The molecule has 5 aromatic carbocycles. The smallest absolute Gasteiger partial charge is 0.352 e. The number of anilines is 3. The first-order chi connectivity index (χ1) is 35.8. The predicted octanol–water partition coefficient (Wildman–Crippen LogP) is 7.18. The number of hydrogen-bond donors (Lipinski definition) is 7. The number of likely N-dealkylation sites (tertiary alicyclic amines) is 1. The first kappa shape index (κ1) is 53.3. The zero-order chi connectivity index (χ0) is 53.4. The van der Waals surface area contributed by atoms with Gasteiger partial charge in [0.2, 0.25) is 12.7 Å². The second kappa shape index (κ2) is 21.1. The number of benzene rings is 5. The number of hydrogen-bond acceptors (Lipinski definition) is 15. The number of carbonyl (C=O) groups excluding carboxylic acids is 5. The monoisotopic (exact) mass is 1040 g/mol. The Morgan fingerprint density at radius 1 is 0.842 bits per heavy atom. The Morgan fingerprint density at radius 2 is 1.50 bits per heavy atom. The molecule has 4 aliphatic rings. The molecule has 1 aliphatic carbocycles. The van der Waals surface area contributed by atoms with Crippen LogP contribution in [0.2, 0.25) is 0 Å². The molecule has 19 heteroatoms. The predicted molar refractivity (Wildman–Crippen MR) is 283 cm³/mol. The SMILES string of the molecule is C.C=C(NCCNC(=O)c1cc(N)cc(NC)c1)Nc1ccc2c(c1)C(=O)OC21c2ccc(OCOC(C)=O)cc2Oc2cc(OC/C(=C(\C(=O)O)N3C(=O)[C@@](C)(NC(=O)Cc4ccccc4)C3C)C3(C)CC3)ccc21. The van der Waals surface area contributed by atoms with Gasteiger partial charge in [0.05, 0.1) is 23.8 Å². The lowest BCUT2D eigenvalue weighted by Crippen LogP contribution is -2.78. The van der Waals surface area contributed by atoms with Gasteiger partial charge in [-0.15, -0.1) is 0 Å². The highest BCUT2D eigenvalue weighted by Crippen LogP contribution is 2.58. The summed E-state index contributed by atoms with van der Waals surface area (Å²) in [5.41, 5.74) is 7.26. The number of rotatable bonds is 20. The number of carboxylic acids is 1. The van der Waals surface area contributed by atoms with Crippen molar-refractivity contribution in [2.45, 2.75) is 71.6 Å². The standard InChI is InChI=1S/C56H57N7O12.CH4/c1-31-55(5,62-48(65)22-34-10-8-7-9-11-34)53(70)63(31)49(51(67)68)45(54(4)18-19-54)29-71-39-13-16-43-46(27-39)74-47-28-40(73-30-72-33(3)64)14-17-44(47)56(43)42-15-12-37(26-41(42)52(69)75-56)61-32(2)59-20-21-60-50(66)35-23-36(57)25-38(24-35)58-6;/h7-17,23-28,31,58-59,61H,2,18-22,29-30,57H2,1,3-6H3,(H,60,66)(H,62,65)(H,67,68);1H4/b49-45-;/t31?,55-,56?;/m0./s1. The Morgan fingerprint density at radius 3 is 2.13 bits per heavy atom. The molecule has 0 aromatic heterocycles. The van der Waals surface area contributed by atoms with Crippen LogP contribution in [0, 0.1) is 5.41 Å². The topological polar surface area (TPSA) is 258 Å². The fourth-order valence-electron chi connectivity index (χ4n) is 9.68. The maximum absolute atomic E-state index is 14.1. The number of amides is 3. The van der Waals surface area contributed by atoms with Crippen molar-refractivity contribution in [2.75, 3.05) is 49.9 Å². The lowest BCUT2D eigenvalue weighted by molar-refractivity contribution is -0.162. The summed E-state index contributed by atoms with van der Waals surface area (Å²) in [6.45, 7) is 10.6. The molecule has 0 bridgehead atoms. The van der Waals surface area contributed by atoms with E-state index in [1.165, 1.54) is 11.8 Å². The molecule has 3 aliphatic heterocycles. The van der Waals surface area contributed by atoms with Crippen LogP contribution in [0.25, 0.3) is 0 Å². The molecule has 1 saturated carbocycles. The van der Waals surface area contributed by atoms with Crippen LogP contribution < -0.4 is 46.5 Å². The third-order valence-electron chi connectivity index (χ3n) is 14.1. The lowest BCUT2D eigenvalue weighted by atomic mass is 9.77. The van der Waals surface area contributed by atoms with E-state index in [1.54, 1.807) is 93.7 Å². The number of carboxylic acid groups (broad SMARTS) is 1. The molecule has 3 heterocycles. The first-order valence-corrected chi connectivity index (χ1v) is 24.3. The van der Waals surface area contributed by atoms with Crippen LogP contribution in [0.1, 0.15) is 90.9 Å². The van der Waals surface area contributed by atoms with Gasteiger partial charge in [-0.1, -0.05) is 57.3 Å². The zero-order valence-corrected chi connectivity index (χ0v) is 42.0. The summed E-state index contributed by atoms with van der Waals surface area (Å²) in [5, 5.41) is 25.8. The van der Waals surface area contributed by atoms with Gasteiger partial charge in [0.15, 0.2) is 5.60 Å². The molecule has 1 spiro atoms. The van der Waals surface area contributed by atoms with E-state index in [0.29, 0.717) is 75.8 Å². The van der Waals surface area contributed by atoms with Gasteiger partial charge in [0, 0.05) is 84.1 Å². The Hall–Kier alpha value is -9.00. The normalized spacial score (nSPS) is 19.3. The van der Waals surface area contributed by atoms with Crippen LogP contribution >= 0.6 is 0 Å². The minimum absolute atomic E-state index is 0. The number of nitrogens with one attached hydrogen (secondary N) is 5. The van der Waals surface area contributed by atoms with Crippen LogP contribution in [0.5, 0.6) is 23.0 Å². The summed E-state index contributed by atoms with van der Waals surface area (Å²) in [6.07, 6.45) is 1.38. The van der Waals surface area contributed by atoms with Gasteiger partial charge in [0.25, 0.3) is 11.8 Å². The van der Waals surface area contributed by atoms with Crippen LogP contribution in [0.4, 0.5) is 17.1 Å². The number of esters is 2. The summed E-state index contributed by atoms with van der Waals surface area (Å²) in [6, 6.07) is 28.6. The molecule has 0 radical (unpaired) electrons. The number of ether oxygens (including phenoxy) is 5. The van der Waals surface area contributed by atoms with Crippen molar-refractivity contribution >= 4 is 52.7 Å². The molecule has 9 rings (SSSR count). The lowest BCUT2D eigenvalue weighted by Gasteiger charge is -2.53. The maximum Gasteiger partial charge on any atom is 0.352 e. The molecular formula is C57H61N7O12. The van der Waals surface area contributed by atoms with E-state index in [0.717, 1.165) is 5.56 Å². The summed E-state index contributed by atoms with van der Waals surface area (Å²) in [5.74, 6) is -2.19. The Labute approximate surface area is 439 Å². The zero-order valence-electron chi connectivity index (χ0n) is 42.0. The van der Waals surface area contributed by atoms with Crippen LogP contribution in [0.3, 0.4) is 0 Å². The van der Waals surface area contributed by atoms with Gasteiger partial charge in [-0.05, 0) is 92.3 Å². The number of nitrogens with zero attached hydrogens (tertiary/aromatic N) is 1. The van der Waals surface area contributed by atoms with Crippen molar-refractivity contribution in [3.63, 3.8) is 0 Å². The van der Waals surface area contributed by atoms with Crippen LogP contribution in [0.15, 0.2) is 127 Å². The molecule has 2 fully saturated rings. The van der Waals surface area contributed by atoms with Gasteiger partial charge in [-0.25, -0.2) is 9.59 Å². The van der Waals surface area contributed by atoms with E-state index in [-0.39, 0.29) is 74.1 Å². The average molecular weight is 1040 g/mol. The van der Waals surface area contributed by atoms with Crippen molar-refractivity contribution in [2.24, 2.45) is 5.41 Å². The summed E-state index contributed by atoms with van der Waals surface area (Å²) in [4.78, 5) is 80.0. The fourth-order valence-corrected chi connectivity index (χ4v) is 9.68. The minimum Gasteiger partial charge on any atom is -0.489 e. The molecule has 2 unspecified atom stereocenters. The Balaban J connectivity index is 0.00000765. The van der Waals surface area contributed by atoms with Gasteiger partial charge < -0.3 is 61.1 Å². The number of carbonyl (C=O) groups is 6. The molecule has 5 aromatic rings. The fraction of sp³-hybridized carbons (Fsp3) is 0.298. The second-order valence-electron chi connectivity index (χ2n) is 19.3. The average Bonchev–Trinajstić information content (AvgIpc) is 4.17. The first-order valence-electron chi connectivity index (χ1n) is 24.3. The van der Waals surface area contributed by atoms with Crippen LogP contribution in [-0.2, 0) is 40.7 Å². The number of fused-ring (bicyclic) bond motifs is 6. The van der Waals surface area contributed by atoms with E-state index in [9.17, 15) is 33.9 Å². The van der Waals surface area contributed by atoms with Crippen molar-refractivity contribution in [1.82, 2.24) is 20.9 Å². The second-order valence-corrected chi connectivity index (χ2v) is 19.3. The number of nitrogen functional groups attached to an aromatic ring is 1. The van der Waals surface area contributed by atoms with Gasteiger partial charge in [0.1, 0.15) is 40.8 Å². The van der Waals surface area contributed by atoms with Crippen molar-refractivity contribution < 1.29 is 57.6 Å². The van der Waals surface area contributed by atoms with Crippen molar-refractivity contribution in [3.05, 3.63) is 160 Å². The minimum atomic E-state index is -1.54. The molecule has 19 nitrogen and oxygen atoms in total. The number of β-lactam (4-membered cyclic amide) rings is 1. The molecule has 8 N–H and O–H groups in total. The van der Waals surface area contributed by atoms with E-state index in [1.807, 2.05) is 37.3 Å². The number of nitrogens with two attached hydrogens (primary N) is 1. The summed E-state index contributed by atoms with van der Waals surface area (Å²) >= 11 is 0. The third-order valence-corrected chi connectivity index (χ3v) is 14.1. The van der Waals surface area contributed by atoms with Gasteiger partial charge >= 0.3 is 17.9 Å². The van der Waals surface area contributed by atoms with E-state index in [4.69, 9.17) is 29.4 Å². The van der Waals surface area contributed by atoms with E-state index in [2.05, 4.69) is 33.2 Å². The molecule has 396 valence electrons. The summed E-state index contributed by atoms with van der Waals surface area (Å²) < 4.78 is 30.1. The van der Waals surface area contributed by atoms with Gasteiger partial charge in [-0.3, -0.25) is 24.1 Å². The molecule has 1 saturated heterocycles. The highest BCUT2D eigenvalue weighted by molar-refractivity contribution is 6.04. The molecular weight excluding hydrogens is 975 g/mol. The quantitative estimate of drug-likeness (QED) is 0.0102. The third kappa shape index (κ3) is 10.3. The highest BCUT2D eigenvalue weighted by atomic mass is 16.7. The highest BCUT2D eigenvalue weighted by Gasteiger charge is 2.60. The van der Waals surface area contributed by atoms with Crippen molar-refractivity contribution in [3.8, 4) is 23.0 Å². The van der Waals surface area contributed by atoms with E-state index < -0.39 is 46.4 Å². The number of aliphatic carboxylic acids is 1. The van der Waals surface area contributed by atoms with Gasteiger partial charge in [-0.2, -0.15) is 0 Å². The Bertz CT molecular complexity index is 3210. The summed E-state index contributed by atoms with van der Waals surface area (Å²) in [7, 11) is 1.74. The van der Waals surface area contributed by atoms with E-state index >= 15 is 0 Å². The molecule has 3 amide bonds. The van der Waals surface area contributed by atoms with Crippen molar-refractivity contribution in [1.29, 1.82) is 0 Å². The molecule has 3 atom stereocenters. The largest absolute Gasteiger partial charge is 0.489 e.